The van der Waals surface area contributed by atoms with Gasteiger partial charge in [0.05, 0.1) is 17.8 Å². The van der Waals surface area contributed by atoms with Crippen molar-refractivity contribution in [1.82, 2.24) is 14.8 Å². The fourth-order valence-corrected chi connectivity index (χ4v) is 4.52. The van der Waals surface area contributed by atoms with E-state index in [0.717, 1.165) is 37.9 Å². The molecule has 2 aliphatic rings. The van der Waals surface area contributed by atoms with E-state index >= 15 is 0 Å². The van der Waals surface area contributed by atoms with Crippen LogP contribution in [0.3, 0.4) is 0 Å². The number of nitrogens with zero attached hydrogens (tertiary/aromatic N) is 3. The van der Waals surface area contributed by atoms with E-state index in [1.54, 1.807) is 12.6 Å². The molecule has 0 radical (unpaired) electrons. The number of hydrogen-bond acceptors (Lipinski definition) is 5. The average molecular weight is 337 g/mol. The maximum atomic E-state index is 13.1. The van der Waals surface area contributed by atoms with Gasteiger partial charge in [-0.2, -0.15) is 0 Å². The van der Waals surface area contributed by atoms with E-state index in [-0.39, 0.29) is 11.8 Å². The molecule has 1 aromatic heterocycles. The molecule has 7 heteroatoms. The number of rotatable bonds is 4. The number of likely N-dealkylation sites (tertiary alicyclic amines) is 2. The number of aryl methyl sites for hydroxylation is 1. The van der Waals surface area contributed by atoms with Gasteiger partial charge in [0.1, 0.15) is 10.4 Å². The zero-order valence-electron chi connectivity index (χ0n) is 13.7. The summed E-state index contributed by atoms with van der Waals surface area (Å²) < 4.78 is 5.11. The monoisotopic (exact) mass is 337 g/mol. The molecule has 2 aliphatic heterocycles. The lowest BCUT2D eigenvalue weighted by Gasteiger charge is -2.44. The molecule has 3 heterocycles. The van der Waals surface area contributed by atoms with E-state index in [0.29, 0.717) is 24.6 Å². The molecule has 0 aromatic carbocycles. The quantitative estimate of drug-likeness (QED) is 0.839. The number of thiazole rings is 1. The molecule has 1 atom stereocenters. The van der Waals surface area contributed by atoms with Crippen molar-refractivity contribution in [2.24, 2.45) is 0 Å². The first-order chi connectivity index (χ1) is 11.1. The van der Waals surface area contributed by atoms with Crippen LogP contribution in [0.5, 0.6) is 0 Å². The Kier molecular flexibility index (Phi) is 4.68. The summed E-state index contributed by atoms with van der Waals surface area (Å²) >= 11 is 1.36. The molecule has 1 spiro atoms. The highest BCUT2D eigenvalue weighted by atomic mass is 32.1. The molecular weight excluding hydrogens is 314 g/mol. The first-order valence-electron chi connectivity index (χ1n) is 8.10. The van der Waals surface area contributed by atoms with Gasteiger partial charge in [-0.25, -0.2) is 4.98 Å². The molecule has 2 fully saturated rings. The second kappa shape index (κ2) is 6.57. The first-order valence-corrected chi connectivity index (χ1v) is 8.98. The minimum atomic E-state index is -0.653. The molecule has 6 nitrogen and oxygen atoms in total. The minimum Gasteiger partial charge on any atom is -0.383 e. The SMILES string of the molecule is COCCN1CCCC2(CCCN2C(=O)c2scnc2C)C1=O. The number of aromatic nitrogens is 1. The number of hydrogen-bond donors (Lipinski definition) is 0. The van der Waals surface area contributed by atoms with Gasteiger partial charge in [0.2, 0.25) is 5.91 Å². The molecule has 2 amide bonds. The maximum absolute atomic E-state index is 13.1. The summed E-state index contributed by atoms with van der Waals surface area (Å²) in [7, 11) is 1.64. The zero-order chi connectivity index (χ0) is 16.4. The van der Waals surface area contributed by atoms with Gasteiger partial charge in [0, 0.05) is 26.7 Å². The smallest absolute Gasteiger partial charge is 0.266 e. The van der Waals surface area contributed by atoms with Crippen LogP contribution in [0.2, 0.25) is 0 Å². The summed E-state index contributed by atoms with van der Waals surface area (Å²) in [4.78, 5) is 34.6. The van der Waals surface area contributed by atoms with Crippen LogP contribution < -0.4 is 0 Å². The van der Waals surface area contributed by atoms with E-state index < -0.39 is 5.54 Å². The van der Waals surface area contributed by atoms with Gasteiger partial charge in [0.15, 0.2) is 0 Å². The fraction of sp³-hybridized carbons (Fsp3) is 0.688. The Morgan fingerprint density at radius 1 is 1.39 bits per heavy atom. The van der Waals surface area contributed by atoms with Crippen molar-refractivity contribution < 1.29 is 14.3 Å². The molecule has 126 valence electrons. The third kappa shape index (κ3) is 2.76. The predicted molar refractivity (Wildman–Crippen MR) is 87.5 cm³/mol. The maximum Gasteiger partial charge on any atom is 0.266 e. The van der Waals surface area contributed by atoms with Crippen LogP contribution >= 0.6 is 11.3 Å². The third-order valence-corrected chi connectivity index (χ3v) is 5.86. The lowest BCUT2D eigenvalue weighted by atomic mass is 9.85. The van der Waals surface area contributed by atoms with Crippen LogP contribution in [0.1, 0.15) is 41.0 Å². The van der Waals surface area contributed by atoms with Crippen molar-refractivity contribution in [2.75, 3.05) is 33.4 Å². The topological polar surface area (TPSA) is 62.7 Å². The Balaban J connectivity index is 1.85. The molecule has 2 saturated heterocycles. The van der Waals surface area contributed by atoms with Gasteiger partial charge in [-0.1, -0.05) is 0 Å². The van der Waals surface area contributed by atoms with Crippen LogP contribution in [-0.2, 0) is 9.53 Å². The largest absolute Gasteiger partial charge is 0.383 e. The van der Waals surface area contributed by atoms with E-state index in [9.17, 15) is 9.59 Å². The van der Waals surface area contributed by atoms with E-state index in [1.807, 2.05) is 16.7 Å². The molecule has 3 rings (SSSR count). The summed E-state index contributed by atoms with van der Waals surface area (Å²) in [5, 5.41) is 0. The van der Waals surface area contributed by atoms with Gasteiger partial charge in [-0.15, -0.1) is 11.3 Å². The number of methoxy groups -OCH3 is 1. The highest BCUT2D eigenvalue weighted by Gasteiger charge is 2.53. The molecule has 1 unspecified atom stereocenters. The molecule has 0 aliphatic carbocycles. The summed E-state index contributed by atoms with van der Waals surface area (Å²) in [6, 6.07) is 0. The molecule has 0 N–H and O–H groups in total. The van der Waals surface area contributed by atoms with Crippen LogP contribution in [0.15, 0.2) is 5.51 Å². The van der Waals surface area contributed by atoms with E-state index in [2.05, 4.69) is 4.98 Å². The Labute approximate surface area is 140 Å². The second-order valence-corrected chi connectivity index (χ2v) is 7.10. The van der Waals surface area contributed by atoms with Gasteiger partial charge >= 0.3 is 0 Å². The Hall–Kier alpha value is -1.47. The predicted octanol–water partition coefficient (Wildman–Crippen LogP) is 1.70. The van der Waals surface area contributed by atoms with Crippen molar-refractivity contribution >= 4 is 23.2 Å². The van der Waals surface area contributed by atoms with Gasteiger partial charge in [-0.05, 0) is 32.6 Å². The molecule has 23 heavy (non-hydrogen) atoms. The Morgan fingerprint density at radius 2 is 2.13 bits per heavy atom. The Morgan fingerprint density at radius 3 is 2.78 bits per heavy atom. The van der Waals surface area contributed by atoms with Crippen LogP contribution in [0, 0.1) is 6.92 Å². The van der Waals surface area contributed by atoms with Crippen LogP contribution in [-0.4, -0.2) is 65.5 Å². The molecular formula is C16H23N3O3S. The highest BCUT2D eigenvalue weighted by molar-refractivity contribution is 7.11. The van der Waals surface area contributed by atoms with Gasteiger partial charge in [-0.3, -0.25) is 9.59 Å². The molecule has 0 saturated carbocycles. The normalized spacial score (nSPS) is 24.7. The molecule has 0 bridgehead atoms. The number of piperidine rings is 1. The third-order valence-electron chi connectivity index (χ3n) is 4.94. The summed E-state index contributed by atoms with van der Waals surface area (Å²) in [6.07, 6.45) is 3.34. The highest BCUT2D eigenvalue weighted by Crippen LogP contribution is 2.39. The number of carbonyl (C=O) groups excluding carboxylic acids is 2. The number of amides is 2. The van der Waals surface area contributed by atoms with Crippen molar-refractivity contribution in [3.63, 3.8) is 0 Å². The van der Waals surface area contributed by atoms with Crippen molar-refractivity contribution in [1.29, 1.82) is 0 Å². The lowest BCUT2D eigenvalue weighted by molar-refractivity contribution is -0.146. The van der Waals surface area contributed by atoms with E-state index in [1.165, 1.54) is 11.3 Å². The van der Waals surface area contributed by atoms with E-state index in [4.69, 9.17) is 4.74 Å². The second-order valence-electron chi connectivity index (χ2n) is 6.25. The van der Waals surface area contributed by atoms with Gasteiger partial charge in [0.25, 0.3) is 5.91 Å². The van der Waals surface area contributed by atoms with Crippen LogP contribution in [0.25, 0.3) is 0 Å². The fourth-order valence-electron chi connectivity index (χ4n) is 3.77. The number of carbonyl (C=O) groups is 2. The van der Waals surface area contributed by atoms with Gasteiger partial charge < -0.3 is 14.5 Å². The molecule has 1 aromatic rings. The standard InChI is InChI=1S/C16H23N3O3S/c1-12-13(23-11-17-12)14(20)19-8-4-6-16(19)5-3-7-18(15(16)21)9-10-22-2/h11H,3-10H2,1-2H3. The van der Waals surface area contributed by atoms with Crippen LogP contribution in [0.4, 0.5) is 0 Å². The number of ether oxygens (including phenoxy) is 1. The lowest BCUT2D eigenvalue weighted by Crippen LogP contribution is -2.61. The summed E-state index contributed by atoms with van der Waals surface area (Å²) in [5.41, 5.74) is 1.79. The Bertz CT molecular complexity index is 603. The average Bonchev–Trinajstić information content (AvgIpc) is 3.15. The summed E-state index contributed by atoms with van der Waals surface area (Å²) in [5.74, 6) is 0.0539. The van der Waals surface area contributed by atoms with Crippen molar-refractivity contribution in [3.8, 4) is 0 Å². The zero-order valence-corrected chi connectivity index (χ0v) is 14.5. The summed E-state index contributed by atoms with van der Waals surface area (Å²) in [6.45, 7) is 4.38. The van der Waals surface area contributed by atoms with Crippen molar-refractivity contribution in [3.05, 3.63) is 16.1 Å². The first kappa shape index (κ1) is 16.4. The van der Waals surface area contributed by atoms with Crippen molar-refractivity contribution in [2.45, 2.75) is 38.1 Å². The minimum absolute atomic E-state index is 0.0376.